The Morgan fingerprint density at radius 2 is 2.25 bits per heavy atom. The maximum Gasteiger partial charge on any atom is 0.264 e. The maximum atomic E-state index is 12.8. The molecule has 0 saturated carbocycles. The zero-order valence-corrected chi connectivity index (χ0v) is 14.2. The highest BCUT2D eigenvalue weighted by Crippen LogP contribution is 2.32. The number of hydrogen-bond acceptors (Lipinski definition) is 4. The molecule has 2 heterocycles. The van der Waals surface area contributed by atoms with Crippen LogP contribution in [0, 0.1) is 5.92 Å². The number of hydrogen-bond donors (Lipinski definition) is 2. The Hall–Kier alpha value is -1.79. The van der Waals surface area contributed by atoms with Crippen LogP contribution < -0.4 is 15.8 Å². The van der Waals surface area contributed by atoms with Gasteiger partial charge in [-0.25, -0.2) is 0 Å². The molecule has 2 aliphatic heterocycles. The molecule has 2 aliphatic rings. The van der Waals surface area contributed by atoms with Gasteiger partial charge in [0.15, 0.2) is 6.10 Å². The monoisotopic (exact) mass is 351 g/mol. The van der Waals surface area contributed by atoms with Crippen LogP contribution in [0.1, 0.15) is 18.4 Å². The highest BCUT2D eigenvalue weighted by Gasteiger charge is 2.36. The number of piperidine rings is 1. The Bertz CT molecular complexity index is 638. The normalized spacial score (nSPS) is 22.7. The van der Waals surface area contributed by atoms with E-state index in [9.17, 15) is 9.59 Å². The number of rotatable bonds is 4. The zero-order chi connectivity index (χ0) is 17.1. The van der Waals surface area contributed by atoms with Gasteiger partial charge < -0.3 is 20.7 Å². The van der Waals surface area contributed by atoms with Crippen molar-refractivity contribution in [1.82, 2.24) is 10.2 Å². The molecule has 2 atom stereocenters. The Morgan fingerprint density at radius 3 is 3.04 bits per heavy atom. The molecule has 24 heavy (non-hydrogen) atoms. The largest absolute Gasteiger partial charge is 0.480 e. The Labute approximate surface area is 146 Å². The summed E-state index contributed by atoms with van der Waals surface area (Å²) >= 11 is 5.99. The van der Waals surface area contributed by atoms with E-state index in [4.69, 9.17) is 22.1 Å². The topological polar surface area (TPSA) is 84.7 Å². The van der Waals surface area contributed by atoms with E-state index in [2.05, 4.69) is 5.32 Å². The van der Waals surface area contributed by atoms with E-state index in [0.717, 1.165) is 18.4 Å². The van der Waals surface area contributed by atoms with Gasteiger partial charge in [-0.1, -0.05) is 11.6 Å². The van der Waals surface area contributed by atoms with Crippen molar-refractivity contribution in [3.8, 4) is 5.75 Å². The van der Waals surface area contributed by atoms with Gasteiger partial charge in [0.1, 0.15) is 5.75 Å². The van der Waals surface area contributed by atoms with Crippen molar-refractivity contribution in [2.75, 3.05) is 26.2 Å². The van der Waals surface area contributed by atoms with E-state index in [1.54, 1.807) is 17.0 Å². The van der Waals surface area contributed by atoms with E-state index >= 15 is 0 Å². The lowest BCUT2D eigenvalue weighted by atomic mass is 9.96. The number of nitrogens with zero attached hydrogens (tertiary/aromatic N) is 1. The standard InChI is InChI=1S/C17H22ClN3O3/c18-13-3-4-14-12(8-13)9-15(24-14)17(23)21-7-1-2-11(10-21)16(22)20-6-5-19/h3-4,8,11,15H,1-2,5-7,9-10,19H2,(H,20,22). The van der Waals surface area contributed by atoms with E-state index in [1.165, 1.54) is 0 Å². The van der Waals surface area contributed by atoms with Gasteiger partial charge >= 0.3 is 0 Å². The van der Waals surface area contributed by atoms with Crippen LogP contribution >= 0.6 is 11.6 Å². The van der Waals surface area contributed by atoms with E-state index in [-0.39, 0.29) is 17.7 Å². The molecule has 2 amide bonds. The van der Waals surface area contributed by atoms with E-state index in [0.29, 0.717) is 43.4 Å². The van der Waals surface area contributed by atoms with Gasteiger partial charge in [0.25, 0.3) is 5.91 Å². The lowest BCUT2D eigenvalue weighted by Crippen LogP contribution is -2.49. The van der Waals surface area contributed by atoms with Gasteiger partial charge in [-0.3, -0.25) is 9.59 Å². The number of carbonyl (C=O) groups excluding carboxylic acids is 2. The molecule has 1 saturated heterocycles. The smallest absolute Gasteiger partial charge is 0.264 e. The van der Waals surface area contributed by atoms with Gasteiger partial charge in [0.05, 0.1) is 5.92 Å². The van der Waals surface area contributed by atoms with Crippen molar-refractivity contribution in [2.24, 2.45) is 11.7 Å². The second-order valence-electron chi connectivity index (χ2n) is 6.27. The van der Waals surface area contributed by atoms with Gasteiger partial charge in [-0.2, -0.15) is 0 Å². The van der Waals surface area contributed by atoms with Crippen LogP contribution in [-0.4, -0.2) is 49.0 Å². The molecule has 2 unspecified atom stereocenters. The fourth-order valence-electron chi connectivity index (χ4n) is 3.29. The van der Waals surface area contributed by atoms with Crippen LogP contribution in [0.3, 0.4) is 0 Å². The molecule has 130 valence electrons. The first-order valence-corrected chi connectivity index (χ1v) is 8.68. The summed E-state index contributed by atoms with van der Waals surface area (Å²) < 4.78 is 5.77. The fourth-order valence-corrected chi connectivity index (χ4v) is 3.48. The van der Waals surface area contributed by atoms with Crippen molar-refractivity contribution >= 4 is 23.4 Å². The number of likely N-dealkylation sites (tertiary alicyclic amines) is 1. The number of nitrogens with one attached hydrogen (secondary N) is 1. The Kier molecular flexibility index (Phi) is 5.26. The molecule has 7 heteroatoms. The molecular formula is C17H22ClN3O3. The fraction of sp³-hybridized carbons (Fsp3) is 0.529. The number of amides is 2. The number of nitrogens with two attached hydrogens (primary N) is 1. The Balaban J connectivity index is 1.60. The predicted octanol–water partition coefficient (Wildman–Crippen LogP) is 0.957. The summed E-state index contributed by atoms with van der Waals surface area (Å²) in [6, 6.07) is 5.39. The third-order valence-electron chi connectivity index (χ3n) is 4.52. The Morgan fingerprint density at radius 1 is 1.42 bits per heavy atom. The van der Waals surface area contributed by atoms with Gasteiger partial charge in [0, 0.05) is 37.6 Å². The molecule has 0 aliphatic carbocycles. The van der Waals surface area contributed by atoms with Crippen molar-refractivity contribution in [2.45, 2.75) is 25.4 Å². The lowest BCUT2D eigenvalue weighted by molar-refractivity contribution is -0.141. The summed E-state index contributed by atoms with van der Waals surface area (Å²) in [5.41, 5.74) is 6.37. The number of ether oxygens (including phenoxy) is 1. The molecule has 1 fully saturated rings. The second-order valence-corrected chi connectivity index (χ2v) is 6.70. The number of fused-ring (bicyclic) bond motifs is 1. The molecule has 1 aromatic carbocycles. The SMILES string of the molecule is NCCNC(=O)C1CCCN(C(=O)C2Cc3cc(Cl)ccc3O2)C1. The first kappa shape index (κ1) is 17.0. The molecule has 0 spiro atoms. The van der Waals surface area contributed by atoms with E-state index in [1.807, 2.05) is 6.07 Å². The average Bonchev–Trinajstić information content (AvgIpc) is 3.02. The highest BCUT2D eigenvalue weighted by molar-refractivity contribution is 6.30. The van der Waals surface area contributed by atoms with Crippen molar-refractivity contribution < 1.29 is 14.3 Å². The minimum absolute atomic E-state index is 0.0274. The third-order valence-corrected chi connectivity index (χ3v) is 4.76. The molecule has 3 N–H and O–H groups in total. The van der Waals surface area contributed by atoms with Gasteiger partial charge in [-0.15, -0.1) is 0 Å². The zero-order valence-electron chi connectivity index (χ0n) is 13.5. The van der Waals surface area contributed by atoms with Crippen molar-refractivity contribution in [3.63, 3.8) is 0 Å². The summed E-state index contributed by atoms with van der Waals surface area (Å²) in [7, 11) is 0. The molecule has 3 rings (SSSR count). The summed E-state index contributed by atoms with van der Waals surface area (Å²) in [6.07, 6.45) is 1.61. The molecule has 0 radical (unpaired) electrons. The quantitative estimate of drug-likeness (QED) is 0.846. The highest BCUT2D eigenvalue weighted by atomic mass is 35.5. The molecular weight excluding hydrogens is 330 g/mol. The number of carbonyl (C=O) groups is 2. The average molecular weight is 352 g/mol. The molecule has 0 bridgehead atoms. The van der Waals surface area contributed by atoms with Crippen molar-refractivity contribution in [1.29, 1.82) is 0 Å². The van der Waals surface area contributed by atoms with Crippen molar-refractivity contribution in [3.05, 3.63) is 28.8 Å². The van der Waals surface area contributed by atoms with Gasteiger partial charge in [-0.05, 0) is 36.6 Å². The maximum absolute atomic E-state index is 12.8. The van der Waals surface area contributed by atoms with Crippen LogP contribution in [0.2, 0.25) is 5.02 Å². The van der Waals surface area contributed by atoms with E-state index < -0.39 is 6.10 Å². The van der Waals surface area contributed by atoms with Crippen LogP contribution in [0.15, 0.2) is 18.2 Å². The molecule has 0 aromatic heterocycles. The van der Waals surface area contributed by atoms with Crippen LogP contribution in [-0.2, 0) is 16.0 Å². The van der Waals surface area contributed by atoms with Gasteiger partial charge in [0.2, 0.25) is 5.91 Å². The predicted molar refractivity (Wildman–Crippen MR) is 90.9 cm³/mol. The number of halogens is 1. The lowest BCUT2D eigenvalue weighted by Gasteiger charge is -2.33. The van der Waals surface area contributed by atoms with Crippen LogP contribution in [0.4, 0.5) is 0 Å². The summed E-state index contributed by atoms with van der Waals surface area (Å²) in [4.78, 5) is 26.6. The second kappa shape index (κ2) is 7.40. The third kappa shape index (κ3) is 3.65. The summed E-state index contributed by atoms with van der Waals surface area (Å²) in [6.45, 7) is 1.98. The first-order chi connectivity index (χ1) is 11.6. The van der Waals surface area contributed by atoms with Crippen LogP contribution in [0.25, 0.3) is 0 Å². The summed E-state index contributed by atoms with van der Waals surface area (Å²) in [5, 5.41) is 3.44. The minimum Gasteiger partial charge on any atom is -0.480 e. The molecule has 6 nitrogen and oxygen atoms in total. The number of benzene rings is 1. The molecule has 1 aromatic rings. The first-order valence-electron chi connectivity index (χ1n) is 8.30. The summed E-state index contributed by atoms with van der Waals surface area (Å²) in [5.74, 6) is 0.457. The van der Waals surface area contributed by atoms with Crippen LogP contribution in [0.5, 0.6) is 5.75 Å². The minimum atomic E-state index is -0.524.